The molecule has 1 aromatic carbocycles. The minimum Gasteiger partial charge on any atom is -0.381 e. The molecule has 0 atom stereocenters. The van der Waals surface area contributed by atoms with Gasteiger partial charge in [0.15, 0.2) is 5.69 Å². The SMILES string of the molecule is CN(Cc1ccccc1)C(=O)c1nc2ccccn2c1CNC1CCOCC1. The summed E-state index contributed by atoms with van der Waals surface area (Å²) in [7, 11) is 1.83. The van der Waals surface area contributed by atoms with Crippen LogP contribution in [-0.2, 0) is 17.8 Å². The zero-order chi connectivity index (χ0) is 19.3. The quantitative estimate of drug-likeness (QED) is 0.717. The number of imidazole rings is 1. The normalized spacial score (nSPS) is 15.0. The number of amides is 1. The van der Waals surface area contributed by atoms with Crippen molar-refractivity contribution in [3.8, 4) is 0 Å². The first kappa shape index (κ1) is 18.7. The van der Waals surface area contributed by atoms with Crippen molar-refractivity contribution >= 4 is 11.6 Å². The topological polar surface area (TPSA) is 58.9 Å². The van der Waals surface area contributed by atoms with Gasteiger partial charge in [0.2, 0.25) is 0 Å². The summed E-state index contributed by atoms with van der Waals surface area (Å²) in [5.41, 5.74) is 3.32. The van der Waals surface area contributed by atoms with Crippen LogP contribution in [0.25, 0.3) is 5.65 Å². The average Bonchev–Trinajstić information content (AvgIpc) is 3.11. The second kappa shape index (κ2) is 8.54. The molecule has 0 saturated carbocycles. The number of fused-ring (bicyclic) bond motifs is 1. The Labute approximate surface area is 165 Å². The summed E-state index contributed by atoms with van der Waals surface area (Å²) in [6.07, 6.45) is 3.96. The maximum absolute atomic E-state index is 13.2. The van der Waals surface area contributed by atoms with Crippen molar-refractivity contribution in [2.45, 2.75) is 32.0 Å². The highest BCUT2D eigenvalue weighted by Gasteiger charge is 2.23. The minimum atomic E-state index is -0.0590. The fourth-order valence-corrected chi connectivity index (χ4v) is 3.64. The van der Waals surface area contributed by atoms with Crippen molar-refractivity contribution in [3.63, 3.8) is 0 Å². The Hall–Kier alpha value is -2.70. The van der Waals surface area contributed by atoms with Crippen LogP contribution in [0.15, 0.2) is 54.7 Å². The number of rotatable bonds is 6. The summed E-state index contributed by atoms with van der Waals surface area (Å²) in [4.78, 5) is 19.6. The van der Waals surface area contributed by atoms with Crippen LogP contribution in [0.5, 0.6) is 0 Å². The lowest BCUT2D eigenvalue weighted by Gasteiger charge is -2.23. The van der Waals surface area contributed by atoms with E-state index in [0.29, 0.717) is 24.8 Å². The van der Waals surface area contributed by atoms with Gasteiger partial charge in [-0.15, -0.1) is 0 Å². The molecular weight excluding hydrogens is 352 g/mol. The lowest BCUT2D eigenvalue weighted by molar-refractivity contribution is 0.0761. The number of carbonyl (C=O) groups is 1. The number of hydrogen-bond acceptors (Lipinski definition) is 4. The van der Waals surface area contributed by atoms with E-state index in [1.165, 1.54) is 0 Å². The Morgan fingerprint density at radius 2 is 1.93 bits per heavy atom. The number of hydrogen-bond donors (Lipinski definition) is 1. The molecule has 3 aromatic rings. The number of benzene rings is 1. The van der Waals surface area contributed by atoms with Crippen LogP contribution < -0.4 is 5.32 Å². The summed E-state index contributed by atoms with van der Waals surface area (Å²) >= 11 is 0. The number of pyridine rings is 1. The van der Waals surface area contributed by atoms with E-state index in [4.69, 9.17) is 4.74 Å². The van der Waals surface area contributed by atoms with Gasteiger partial charge < -0.3 is 19.4 Å². The molecule has 1 saturated heterocycles. The van der Waals surface area contributed by atoms with Gasteiger partial charge in [0.25, 0.3) is 5.91 Å². The summed E-state index contributed by atoms with van der Waals surface area (Å²) in [6.45, 7) is 2.74. The third-order valence-corrected chi connectivity index (χ3v) is 5.22. The number of ether oxygens (including phenoxy) is 1. The molecule has 0 unspecified atom stereocenters. The van der Waals surface area contributed by atoms with E-state index in [1.807, 2.05) is 66.2 Å². The fourth-order valence-electron chi connectivity index (χ4n) is 3.64. The molecule has 28 heavy (non-hydrogen) atoms. The zero-order valence-electron chi connectivity index (χ0n) is 16.2. The molecule has 1 aliphatic heterocycles. The molecule has 0 radical (unpaired) electrons. The number of carbonyl (C=O) groups excluding carboxylic acids is 1. The van der Waals surface area contributed by atoms with E-state index in [2.05, 4.69) is 10.3 Å². The Morgan fingerprint density at radius 3 is 2.71 bits per heavy atom. The number of aromatic nitrogens is 2. The van der Waals surface area contributed by atoms with Crippen molar-refractivity contribution in [3.05, 3.63) is 71.7 Å². The van der Waals surface area contributed by atoms with E-state index in [9.17, 15) is 4.79 Å². The molecule has 1 aliphatic rings. The maximum atomic E-state index is 13.2. The summed E-state index contributed by atoms with van der Waals surface area (Å²) < 4.78 is 7.45. The van der Waals surface area contributed by atoms with E-state index in [-0.39, 0.29) is 5.91 Å². The van der Waals surface area contributed by atoms with Gasteiger partial charge in [-0.25, -0.2) is 4.98 Å². The monoisotopic (exact) mass is 378 g/mol. The van der Waals surface area contributed by atoms with E-state index >= 15 is 0 Å². The second-order valence-corrected chi connectivity index (χ2v) is 7.25. The number of nitrogens with one attached hydrogen (secondary N) is 1. The van der Waals surface area contributed by atoms with E-state index < -0.39 is 0 Å². The maximum Gasteiger partial charge on any atom is 0.274 e. The molecule has 0 spiro atoms. The van der Waals surface area contributed by atoms with Gasteiger partial charge in [0, 0.05) is 45.6 Å². The van der Waals surface area contributed by atoms with Gasteiger partial charge in [-0.1, -0.05) is 36.4 Å². The smallest absolute Gasteiger partial charge is 0.274 e. The Morgan fingerprint density at radius 1 is 1.18 bits per heavy atom. The molecule has 3 heterocycles. The fraction of sp³-hybridized carbons (Fsp3) is 0.364. The molecule has 146 valence electrons. The second-order valence-electron chi connectivity index (χ2n) is 7.25. The van der Waals surface area contributed by atoms with Gasteiger partial charge in [-0.3, -0.25) is 4.79 Å². The molecule has 1 N–H and O–H groups in total. The molecular formula is C22H26N4O2. The predicted octanol–water partition coefficient (Wildman–Crippen LogP) is 2.88. The Balaban J connectivity index is 1.57. The van der Waals surface area contributed by atoms with Gasteiger partial charge in [-0.05, 0) is 30.5 Å². The molecule has 6 heteroatoms. The molecule has 1 amide bonds. The van der Waals surface area contributed by atoms with Crippen LogP contribution in [0.2, 0.25) is 0 Å². The van der Waals surface area contributed by atoms with Crippen molar-refractivity contribution in [2.75, 3.05) is 20.3 Å². The first-order valence-corrected chi connectivity index (χ1v) is 9.79. The van der Waals surface area contributed by atoms with Crippen LogP contribution >= 0.6 is 0 Å². The van der Waals surface area contributed by atoms with Crippen LogP contribution in [0, 0.1) is 0 Å². The highest BCUT2D eigenvalue weighted by molar-refractivity contribution is 5.94. The van der Waals surface area contributed by atoms with Gasteiger partial charge >= 0.3 is 0 Å². The predicted molar refractivity (Wildman–Crippen MR) is 108 cm³/mol. The van der Waals surface area contributed by atoms with Crippen molar-refractivity contribution in [1.82, 2.24) is 19.6 Å². The van der Waals surface area contributed by atoms with Crippen LogP contribution in [-0.4, -0.2) is 46.5 Å². The Bertz CT molecular complexity index is 932. The third-order valence-electron chi connectivity index (χ3n) is 5.22. The van der Waals surface area contributed by atoms with Crippen molar-refractivity contribution < 1.29 is 9.53 Å². The molecule has 2 aromatic heterocycles. The standard InChI is InChI=1S/C22H26N4O2/c1-25(16-17-7-3-2-4-8-17)22(27)21-19(15-23-18-10-13-28-14-11-18)26-12-6-5-9-20(26)24-21/h2-9,12,18,23H,10-11,13-16H2,1H3. The first-order valence-electron chi connectivity index (χ1n) is 9.79. The largest absolute Gasteiger partial charge is 0.381 e. The molecule has 0 aliphatic carbocycles. The molecule has 1 fully saturated rings. The highest BCUT2D eigenvalue weighted by atomic mass is 16.5. The Kier molecular flexibility index (Phi) is 5.69. The van der Waals surface area contributed by atoms with E-state index in [0.717, 1.165) is 43.0 Å². The summed E-state index contributed by atoms with van der Waals surface area (Å²) in [6, 6.07) is 16.3. The van der Waals surface area contributed by atoms with Crippen molar-refractivity contribution in [1.29, 1.82) is 0 Å². The molecule has 6 nitrogen and oxygen atoms in total. The lowest BCUT2D eigenvalue weighted by Crippen LogP contribution is -2.35. The van der Waals surface area contributed by atoms with Crippen LogP contribution in [0.4, 0.5) is 0 Å². The van der Waals surface area contributed by atoms with Gasteiger partial charge in [0.1, 0.15) is 5.65 Å². The third kappa shape index (κ3) is 4.08. The van der Waals surface area contributed by atoms with E-state index in [1.54, 1.807) is 4.90 Å². The first-order chi connectivity index (χ1) is 13.7. The molecule has 0 bridgehead atoms. The minimum absolute atomic E-state index is 0.0590. The lowest BCUT2D eigenvalue weighted by atomic mass is 10.1. The van der Waals surface area contributed by atoms with Crippen LogP contribution in [0.3, 0.4) is 0 Å². The summed E-state index contributed by atoms with van der Waals surface area (Å²) in [5, 5.41) is 3.59. The van der Waals surface area contributed by atoms with Gasteiger partial charge in [-0.2, -0.15) is 0 Å². The van der Waals surface area contributed by atoms with Crippen LogP contribution in [0.1, 0.15) is 34.6 Å². The van der Waals surface area contributed by atoms with Crippen molar-refractivity contribution in [2.24, 2.45) is 0 Å². The zero-order valence-corrected chi connectivity index (χ0v) is 16.2. The summed E-state index contributed by atoms with van der Waals surface area (Å²) in [5.74, 6) is -0.0590. The highest BCUT2D eigenvalue weighted by Crippen LogP contribution is 2.17. The average molecular weight is 378 g/mol. The molecule has 4 rings (SSSR count). The number of nitrogens with zero attached hydrogens (tertiary/aromatic N) is 3. The van der Waals surface area contributed by atoms with Gasteiger partial charge in [0.05, 0.1) is 5.69 Å².